The Hall–Kier alpha value is -0.860. The number of methoxy groups -OCH3 is 1. The maximum absolute atomic E-state index is 10.5. The van der Waals surface area contributed by atoms with Gasteiger partial charge in [0.1, 0.15) is 0 Å². The molecule has 0 fully saturated rings. The van der Waals surface area contributed by atoms with Crippen molar-refractivity contribution in [3.63, 3.8) is 0 Å². The number of hydrogen-bond acceptors (Lipinski definition) is 2. The molecule has 0 heterocycles. The van der Waals surface area contributed by atoms with Crippen LogP contribution < -0.4 is 0 Å². The van der Waals surface area contributed by atoms with Crippen LogP contribution in [-0.2, 0) is 10.5 Å². The highest BCUT2D eigenvalue weighted by Crippen LogP contribution is 2.30. The summed E-state index contributed by atoms with van der Waals surface area (Å²) in [4.78, 5) is 0. The van der Waals surface area contributed by atoms with E-state index in [2.05, 4.69) is 20.8 Å². The zero-order valence-corrected chi connectivity index (χ0v) is 11.4. The van der Waals surface area contributed by atoms with Gasteiger partial charge in [-0.15, -0.1) is 0 Å². The van der Waals surface area contributed by atoms with Gasteiger partial charge in [-0.25, -0.2) is 0 Å². The third kappa shape index (κ3) is 4.49. The first kappa shape index (κ1) is 14.2. The van der Waals surface area contributed by atoms with E-state index in [1.54, 1.807) is 7.11 Å². The second-order valence-corrected chi connectivity index (χ2v) is 5.77. The van der Waals surface area contributed by atoms with Crippen LogP contribution in [0.2, 0.25) is 0 Å². The van der Waals surface area contributed by atoms with Crippen LogP contribution in [-0.4, -0.2) is 12.2 Å². The Labute approximate surface area is 105 Å². The molecule has 0 radical (unpaired) electrons. The van der Waals surface area contributed by atoms with Crippen LogP contribution in [0.4, 0.5) is 0 Å². The lowest BCUT2D eigenvalue weighted by Gasteiger charge is -2.28. The van der Waals surface area contributed by atoms with Gasteiger partial charge in [-0.2, -0.15) is 0 Å². The lowest BCUT2D eigenvalue weighted by molar-refractivity contribution is -0.200. The van der Waals surface area contributed by atoms with Crippen LogP contribution in [0.5, 0.6) is 0 Å². The molecule has 1 unspecified atom stereocenters. The normalized spacial score (nSPS) is 15.6. The average Bonchev–Trinajstić information content (AvgIpc) is 2.28. The molecule has 1 aromatic carbocycles. The van der Waals surface area contributed by atoms with Gasteiger partial charge in [-0.1, -0.05) is 51.1 Å². The molecule has 0 aliphatic carbocycles. The number of benzene rings is 1. The zero-order chi connectivity index (χ0) is 12.9. The van der Waals surface area contributed by atoms with Crippen LogP contribution in [0, 0.1) is 5.41 Å². The topological polar surface area (TPSA) is 29.5 Å². The van der Waals surface area contributed by atoms with Crippen molar-refractivity contribution in [2.24, 2.45) is 5.41 Å². The van der Waals surface area contributed by atoms with Crippen molar-refractivity contribution in [3.8, 4) is 0 Å². The van der Waals surface area contributed by atoms with Gasteiger partial charge in [0, 0.05) is 19.1 Å². The first-order valence-electron chi connectivity index (χ1n) is 6.20. The molecule has 17 heavy (non-hydrogen) atoms. The van der Waals surface area contributed by atoms with Gasteiger partial charge in [-0.3, -0.25) is 0 Å². The molecule has 0 saturated carbocycles. The van der Waals surface area contributed by atoms with Crippen molar-refractivity contribution < 1.29 is 9.84 Å². The molecule has 0 spiro atoms. The Bertz CT molecular complexity index is 327. The minimum Gasteiger partial charge on any atom is -0.362 e. The monoisotopic (exact) mass is 236 g/mol. The van der Waals surface area contributed by atoms with Gasteiger partial charge < -0.3 is 9.84 Å². The van der Waals surface area contributed by atoms with Crippen molar-refractivity contribution in [2.45, 2.75) is 45.8 Å². The van der Waals surface area contributed by atoms with Gasteiger partial charge in [0.2, 0.25) is 0 Å². The van der Waals surface area contributed by atoms with Gasteiger partial charge in [-0.05, 0) is 18.3 Å². The predicted molar refractivity (Wildman–Crippen MR) is 70.7 cm³/mol. The smallest absolute Gasteiger partial charge is 0.191 e. The van der Waals surface area contributed by atoms with Crippen LogP contribution in [0.3, 0.4) is 0 Å². The van der Waals surface area contributed by atoms with Gasteiger partial charge >= 0.3 is 0 Å². The summed E-state index contributed by atoms with van der Waals surface area (Å²) in [6.45, 7) is 6.63. The first-order valence-corrected chi connectivity index (χ1v) is 6.20. The van der Waals surface area contributed by atoms with E-state index >= 15 is 0 Å². The number of aliphatic hydroxyl groups is 1. The zero-order valence-electron chi connectivity index (χ0n) is 11.4. The lowest BCUT2D eigenvalue weighted by Crippen LogP contribution is -2.28. The van der Waals surface area contributed by atoms with E-state index in [1.807, 2.05) is 30.3 Å². The molecule has 1 atom stereocenters. The minimum absolute atomic E-state index is 0.297. The molecule has 0 aliphatic heterocycles. The number of rotatable bonds is 5. The molecule has 2 heteroatoms. The largest absolute Gasteiger partial charge is 0.362 e. The van der Waals surface area contributed by atoms with Crippen molar-refractivity contribution in [2.75, 3.05) is 7.11 Å². The lowest BCUT2D eigenvalue weighted by atomic mass is 9.88. The van der Waals surface area contributed by atoms with Crippen molar-refractivity contribution >= 4 is 0 Å². The van der Waals surface area contributed by atoms with E-state index < -0.39 is 5.79 Å². The minimum atomic E-state index is -1.15. The fourth-order valence-corrected chi connectivity index (χ4v) is 1.92. The first-order chi connectivity index (χ1) is 7.87. The highest BCUT2D eigenvalue weighted by atomic mass is 16.6. The quantitative estimate of drug-likeness (QED) is 0.790. The predicted octanol–water partition coefficient (Wildman–Crippen LogP) is 3.69. The summed E-state index contributed by atoms with van der Waals surface area (Å²) in [6.07, 6.45) is 2.65. The standard InChI is InChI=1S/C15H24O2/c1-14(2,3)11-8-12-15(16,17-4)13-9-6-5-7-10-13/h5-7,9-10,16H,8,11-12H2,1-4H3. The van der Waals surface area contributed by atoms with E-state index in [4.69, 9.17) is 4.74 Å². The molecule has 0 bridgehead atoms. The molecule has 0 amide bonds. The SMILES string of the molecule is COC(O)(CCCC(C)(C)C)c1ccccc1. The Kier molecular flexibility index (Phi) is 4.72. The molecule has 0 aromatic heterocycles. The van der Waals surface area contributed by atoms with E-state index in [0.29, 0.717) is 11.8 Å². The summed E-state index contributed by atoms with van der Waals surface area (Å²) >= 11 is 0. The maximum atomic E-state index is 10.5. The Morgan fingerprint density at radius 3 is 2.12 bits per heavy atom. The third-order valence-corrected chi connectivity index (χ3v) is 3.00. The van der Waals surface area contributed by atoms with E-state index in [-0.39, 0.29) is 0 Å². The summed E-state index contributed by atoms with van der Waals surface area (Å²) in [5, 5.41) is 10.5. The molecular formula is C15H24O2. The van der Waals surface area contributed by atoms with Crippen LogP contribution in [0.25, 0.3) is 0 Å². The summed E-state index contributed by atoms with van der Waals surface area (Å²) < 4.78 is 5.29. The molecule has 96 valence electrons. The van der Waals surface area contributed by atoms with Crippen molar-refractivity contribution in [1.82, 2.24) is 0 Å². The second-order valence-electron chi connectivity index (χ2n) is 5.77. The van der Waals surface area contributed by atoms with E-state index in [0.717, 1.165) is 18.4 Å². The number of ether oxygens (including phenoxy) is 1. The highest BCUT2D eigenvalue weighted by molar-refractivity contribution is 5.19. The van der Waals surface area contributed by atoms with Gasteiger partial charge in [0.15, 0.2) is 5.79 Å². The summed E-state index contributed by atoms with van der Waals surface area (Å²) in [5.74, 6) is -1.15. The summed E-state index contributed by atoms with van der Waals surface area (Å²) in [7, 11) is 1.56. The fourth-order valence-electron chi connectivity index (χ4n) is 1.92. The van der Waals surface area contributed by atoms with Crippen LogP contribution in [0.15, 0.2) is 30.3 Å². The van der Waals surface area contributed by atoms with Crippen molar-refractivity contribution in [3.05, 3.63) is 35.9 Å². The molecule has 0 aliphatic rings. The Balaban J connectivity index is 2.64. The maximum Gasteiger partial charge on any atom is 0.191 e. The number of hydrogen-bond donors (Lipinski definition) is 1. The molecule has 2 nitrogen and oxygen atoms in total. The van der Waals surface area contributed by atoms with E-state index in [1.165, 1.54) is 0 Å². The van der Waals surface area contributed by atoms with Gasteiger partial charge in [0.05, 0.1) is 0 Å². The van der Waals surface area contributed by atoms with Crippen molar-refractivity contribution in [1.29, 1.82) is 0 Å². The Morgan fingerprint density at radius 2 is 1.65 bits per heavy atom. The second kappa shape index (κ2) is 5.65. The fraction of sp³-hybridized carbons (Fsp3) is 0.600. The summed E-state index contributed by atoms with van der Waals surface area (Å²) in [5.41, 5.74) is 1.13. The summed E-state index contributed by atoms with van der Waals surface area (Å²) in [6, 6.07) is 9.59. The van der Waals surface area contributed by atoms with Crippen LogP contribution >= 0.6 is 0 Å². The van der Waals surface area contributed by atoms with Gasteiger partial charge in [0.25, 0.3) is 0 Å². The molecule has 0 saturated heterocycles. The molecule has 1 N–H and O–H groups in total. The molecular weight excluding hydrogens is 212 g/mol. The molecule has 1 rings (SSSR count). The molecule has 1 aromatic rings. The highest BCUT2D eigenvalue weighted by Gasteiger charge is 2.28. The van der Waals surface area contributed by atoms with Crippen LogP contribution in [0.1, 0.15) is 45.6 Å². The Morgan fingerprint density at radius 1 is 1.06 bits per heavy atom. The average molecular weight is 236 g/mol. The van der Waals surface area contributed by atoms with E-state index in [9.17, 15) is 5.11 Å². The third-order valence-electron chi connectivity index (χ3n) is 3.00.